The quantitative estimate of drug-likeness (QED) is 0.785. The molecule has 94 valence electrons. The van der Waals surface area contributed by atoms with E-state index in [1.165, 1.54) is 27.8 Å². The second-order valence-electron chi connectivity index (χ2n) is 4.55. The zero-order valence-electron chi connectivity index (χ0n) is 10.4. The largest absolute Gasteiger partial charge is 0.275 e. The second-order valence-corrected chi connectivity index (χ2v) is 4.55. The summed E-state index contributed by atoms with van der Waals surface area (Å²) in [4.78, 5) is 24.3. The van der Waals surface area contributed by atoms with Gasteiger partial charge in [0.05, 0.1) is 0 Å². The van der Waals surface area contributed by atoms with Gasteiger partial charge in [-0.05, 0) is 22.8 Å². The van der Waals surface area contributed by atoms with Gasteiger partial charge in [0.25, 0.3) is 11.8 Å². The van der Waals surface area contributed by atoms with E-state index in [0.29, 0.717) is 13.0 Å². The van der Waals surface area contributed by atoms with Gasteiger partial charge < -0.3 is 0 Å². The number of benzene rings is 2. The summed E-state index contributed by atoms with van der Waals surface area (Å²) in [6.07, 6.45) is 3.33. The Morgan fingerprint density at radius 1 is 0.842 bits per heavy atom. The normalized spacial score (nSPS) is 14.6. The number of hydrogen-bond donors (Lipinski definition) is 0. The van der Waals surface area contributed by atoms with E-state index in [1.807, 2.05) is 24.3 Å². The molecule has 0 radical (unpaired) electrons. The average Bonchev–Trinajstić information content (AvgIpc) is 2.76. The van der Waals surface area contributed by atoms with Gasteiger partial charge in [0, 0.05) is 18.7 Å². The molecule has 2 aromatic carbocycles. The van der Waals surface area contributed by atoms with E-state index < -0.39 is 0 Å². The Morgan fingerprint density at radius 2 is 1.53 bits per heavy atom. The molecule has 3 heteroatoms. The lowest BCUT2D eigenvalue weighted by atomic mass is 10.0. The van der Waals surface area contributed by atoms with E-state index in [9.17, 15) is 9.59 Å². The first kappa shape index (κ1) is 11.7. The molecular weight excluding hydrogens is 238 g/mol. The molecule has 2 aromatic rings. The van der Waals surface area contributed by atoms with Crippen molar-refractivity contribution in [2.24, 2.45) is 0 Å². The van der Waals surface area contributed by atoms with Crippen molar-refractivity contribution in [2.75, 3.05) is 6.54 Å². The van der Waals surface area contributed by atoms with Crippen molar-refractivity contribution in [3.63, 3.8) is 0 Å². The molecule has 0 aliphatic carbocycles. The summed E-state index contributed by atoms with van der Waals surface area (Å²) in [5.41, 5.74) is 1.16. The Balaban J connectivity index is 1.83. The lowest BCUT2D eigenvalue weighted by Crippen LogP contribution is -2.31. The van der Waals surface area contributed by atoms with E-state index in [2.05, 4.69) is 18.2 Å². The number of hydrogen-bond acceptors (Lipinski definition) is 2. The lowest BCUT2D eigenvalue weighted by Gasteiger charge is -2.14. The Bertz CT molecular complexity index is 665. The topological polar surface area (TPSA) is 37.4 Å². The Kier molecular flexibility index (Phi) is 2.88. The highest BCUT2D eigenvalue weighted by molar-refractivity contribution is 6.12. The summed E-state index contributed by atoms with van der Waals surface area (Å²) in [6, 6.07) is 14.2. The first-order valence-corrected chi connectivity index (χ1v) is 6.26. The van der Waals surface area contributed by atoms with E-state index in [1.54, 1.807) is 0 Å². The highest BCUT2D eigenvalue weighted by Crippen LogP contribution is 2.19. The number of rotatable bonds is 3. The zero-order chi connectivity index (χ0) is 13.2. The first-order valence-electron chi connectivity index (χ1n) is 6.26. The fourth-order valence-corrected chi connectivity index (χ4v) is 2.39. The minimum atomic E-state index is -0.217. The van der Waals surface area contributed by atoms with Gasteiger partial charge in [-0.1, -0.05) is 42.5 Å². The van der Waals surface area contributed by atoms with Gasteiger partial charge >= 0.3 is 0 Å². The molecule has 0 spiro atoms. The van der Waals surface area contributed by atoms with Crippen molar-refractivity contribution in [3.05, 3.63) is 60.2 Å². The summed E-state index contributed by atoms with van der Waals surface area (Å²) < 4.78 is 0. The molecule has 3 nitrogen and oxygen atoms in total. The van der Waals surface area contributed by atoms with Crippen LogP contribution in [0.15, 0.2) is 54.6 Å². The third-order valence-electron chi connectivity index (χ3n) is 3.39. The van der Waals surface area contributed by atoms with Gasteiger partial charge in [0.2, 0.25) is 0 Å². The summed E-state index contributed by atoms with van der Waals surface area (Å²) in [7, 11) is 0. The maximum atomic E-state index is 11.5. The fourth-order valence-electron chi connectivity index (χ4n) is 2.39. The van der Waals surface area contributed by atoms with Crippen molar-refractivity contribution in [1.82, 2.24) is 4.90 Å². The van der Waals surface area contributed by atoms with Crippen molar-refractivity contribution in [2.45, 2.75) is 6.42 Å². The van der Waals surface area contributed by atoms with Crippen LogP contribution in [0.4, 0.5) is 0 Å². The van der Waals surface area contributed by atoms with Gasteiger partial charge in [-0.3, -0.25) is 14.5 Å². The number of imide groups is 1. The minimum Gasteiger partial charge on any atom is -0.275 e. The van der Waals surface area contributed by atoms with Crippen LogP contribution in [0.3, 0.4) is 0 Å². The van der Waals surface area contributed by atoms with Crippen LogP contribution in [0.5, 0.6) is 0 Å². The van der Waals surface area contributed by atoms with Gasteiger partial charge in [-0.25, -0.2) is 0 Å². The fraction of sp³-hybridized carbons (Fsp3) is 0.125. The van der Waals surface area contributed by atoms with Crippen LogP contribution >= 0.6 is 0 Å². The van der Waals surface area contributed by atoms with E-state index >= 15 is 0 Å². The van der Waals surface area contributed by atoms with Crippen LogP contribution < -0.4 is 0 Å². The lowest BCUT2D eigenvalue weighted by molar-refractivity contribution is -0.136. The van der Waals surface area contributed by atoms with Crippen LogP contribution in [0.2, 0.25) is 0 Å². The molecule has 2 amide bonds. The van der Waals surface area contributed by atoms with E-state index in [0.717, 1.165) is 5.56 Å². The number of carbonyl (C=O) groups excluding carboxylic acids is 2. The molecule has 0 fully saturated rings. The molecule has 0 saturated carbocycles. The van der Waals surface area contributed by atoms with Crippen LogP contribution in [-0.2, 0) is 16.0 Å². The molecule has 0 unspecified atom stereocenters. The summed E-state index contributed by atoms with van der Waals surface area (Å²) in [6.45, 7) is 0.429. The Hall–Kier alpha value is -2.42. The van der Waals surface area contributed by atoms with Crippen LogP contribution in [0.1, 0.15) is 5.56 Å². The monoisotopic (exact) mass is 251 g/mol. The van der Waals surface area contributed by atoms with Gasteiger partial charge in [-0.15, -0.1) is 0 Å². The smallest absolute Gasteiger partial charge is 0.253 e. The molecule has 1 heterocycles. The van der Waals surface area contributed by atoms with Gasteiger partial charge in [0.1, 0.15) is 0 Å². The predicted octanol–water partition coefficient (Wildman–Crippen LogP) is 2.31. The maximum Gasteiger partial charge on any atom is 0.253 e. The SMILES string of the molecule is O=C1C=CC(=O)N1CCc1cccc2ccccc12. The molecule has 19 heavy (non-hydrogen) atoms. The zero-order valence-corrected chi connectivity index (χ0v) is 10.4. The average molecular weight is 251 g/mol. The summed E-state index contributed by atoms with van der Waals surface area (Å²) in [5.74, 6) is -0.435. The minimum absolute atomic E-state index is 0.217. The second kappa shape index (κ2) is 4.69. The van der Waals surface area contributed by atoms with Crippen molar-refractivity contribution >= 4 is 22.6 Å². The Labute approximate surface area is 111 Å². The summed E-state index contributed by atoms with van der Waals surface area (Å²) >= 11 is 0. The van der Waals surface area contributed by atoms with Crippen LogP contribution in [0.25, 0.3) is 10.8 Å². The first-order chi connectivity index (χ1) is 9.25. The molecule has 0 atom stereocenters. The molecular formula is C16H13NO2. The predicted molar refractivity (Wildman–Crippen MR) is 73.5 cm³/mol. The van der Waals surface area contributed by atoms with Crippen LogP contribution in [-0.4, -0.2) is 23.3 Å². The number of amides is 2. The molecule has 1 aliphatic heterocycles. The molecule has 0 bridgehead atoms. The third-order valence-corrected chi connectivity index (χ3v) is 3.39. The highest BCUT2D eigenvalue weighted by Gasteiger charge is 2.22. The summed E-state index contributed by atoms with van der Waals surface area (Å²) in [5, 5.41) is 2.36. The van der Waals surface area contributed by atoms with Crippen LogP contribution in [0, 0.1) is 0 Å². The Morgan fingerprint density at radius 3 is 2.32 bits per heavy atom. The van der Waals surface area contributed by atoms with Gasteiger partial charge in [0.15, 0.2) is 0 Å². The highest BCUT2D eigenvalue weighted by atomic mass is 16.2. The molecule has 0 aromatic heterocycles. The third kappa shape index (κ3) is 2.15. The van der Waals surface area contributed by atoms with E-state index in [-0.39, 0.29) is 11.8 Å². The molecule has 0 N–H and O–H groups in total. The van der Waals surface area contributed by atoms with Gasteiger partial charge in [-0.2, -0.15) is 0 Å². The van der Waals surface area contributed by atoms with Crippen molar-refractivity contribution in [3.8, 4) is 0 Å². The number of fused-ring (bicyclic) bond motifs is 1. The maximum absolute atomic E-state index is 11.5. The van der Waals surface area contributed by atoms with Crippen molar-refractivity contribution < 1.29 is 9.59 Å². The molecule has 0 saturated heterocycles. The standard InChI is InChI=1S/C16H13NO2/c18-15-8-9-16(19)17(15)11-10-13-6-3-5-12-4-1-2-7-14(12)13/h1-9H,10-11H2. The molecule has 1 aliphatic rings. The number of carbonyl (C=O) groups is 2. The van der Waals surface area contributed by atoms with E-state index in [4.69, 9.17) is 0 Å². The van der Waals surface area contributed by atoms with Crippen molar-refractivity contribution in [1.29, 1.82) is 0 Å². The molecule has 3 rings (SSSR count). The number of nitrogens with zero attached hydrogens (tertiary/aromatic N) is 1.